The van der Waals surface area contributed by atoms with E-state index in [1.807, 2.05) is 48.5 Å². The minimum absolute atomic E-state index is 0.0465. The number of nitrogens with two attached hydrogens (primary N) is 1. The number of alkyl carbamates (subject to hydrolysis) is 1. The van der Waals surface area contributed by atoms with Crippen molar-refractivity contribution >= 4 is 41.5 Å². The standard InChI is InChI=1S/C41H41N3O12/c1-24(45)53-28-20-36(39(47)50-2)56-38(21-28)55-35-16-11-25(22-52-41(49)54-27-14-12-26(42)13-15-27)19-34(35)44-37(46)17-18-43-40(48)51-23-33-31-9-5-3-7-29(31)30-8-4-6-10-32(30)33/h3-16,19,28,33,36,38H,17-18,20-23,42H2,1-2H3,(H,43,48)(H,44,46). The Balaban J connectivity index is 1.08. The topological polar surface area (TPSA) is 200 Å². The van der Waals surface area contributed by atoms with Gasteiger partial charge < -0.3 is 49.5 Å². The largest absolute Gasteiger partial charge is 0.514 e. The zero-order chi connectivity index (χ0) is 39.6. The second-order valence-corrected chi connectivity index (χ2v) is 13.0. The van der Waals surface area contributed by atoms with Crippen LogP contribution in [0.5, 0.6) is 11.5 Å². The van der Waals surface area contributed by atoms with Crippen molar-refractivity contribution in [1.29, 1.82) is 0 Å². The molecule has 4 aromatic rings. The van der Waals surface area contributed by atoms with Gasteiger partial charge in [0.1, 0.15) is 30.8 Å². The van der Waals surface area contributed by atoms with Gasteiger partial charge in [-0.25, -0.2) is 14.4 Å². The van der Waals surface area contributed by atoms with E-state index in [-0.39, 0.29) is 62.1 Å². The lowest BCUT2D eigenvalue weighted by molar-refractivity contribution is -0.204. The van der Waals surface area contributed by atoms with Crippen LogP contribution in [0.4, 0.5) is 21.0 Å². The first-order valence-electron chi connectivity index (χ1n) is 17.8. The number of benzene rings is 4. The first kappa shape index (κ1) is 39.1. The number of amides is 2. The van der Waals surface area contributed by atoms with Crippen LogP contribution in [0.3, 0.4) is 0 Å². The second kappa shape index (κ2) is 18.1. The van der Waals surface area contributed by atoms with E-state index in [1.165, 1.54) is 38.3 Å². The van der Waals surface area contributed by atoms with Crippen molar-refractivity contribution in [2.24, 2.45) is 0 Å². The molecule has 292 valence electrons. The minimum Gasteiger partial charge on any atom is -0.467 e. The van der Waals surface area contributed by atoms with Crippen LogP contribution in [-0.4, -0.2) is 68.9 Å². The third-order valence-electron chi connectivity index (χ3n) is 9.02. The average Bonchev–Trinajstić information content (AvgIpc) is 3.50. The van der Waals surface area contributed by atoms with Crippen molar-refractivity contribution in [2.45, 2.75) is 57.2 Å². The Bertz CT molecular complexity index is 2030. The molecular formula is C41H41N3O12. The van der Waals surface area contributed by atoms with E-state index in [0.717, 1.165) is 22.3 Å². The summed E-state index contributed by atoms with van der Waals surface area (Å²) in [4.78, 5) is 62.4. The molecule has 0 spiro atoms. The summed E-state index contributed by atoms with van der Waals surface area (Å²) >= 11 is 0. The molecule has 0 radical (unpaired) electrons. The molecule has 56 heavy (non-hydrogen) atoms. The third-order valence-corrected chi connectivity index (χ3v) is 9.02. The fourth-order valence-electron chi connectivity index (χ4n) is 6.49. The molecule has 15 heteroatoms. The first-order chi connectivity index (χ1) is 27.1. The number of fused-ring (bicyclic) bond motifs is 3. The molecule has 2 aliphatic rings. The van der Waals surface area contributed by atoms with Crippen molar-refractivity contribution in [2.75, 3.05) is 31.3 Å². The van der Waals surface area contributed by atoms with Gasteiger partial charge in [0.15, 0.2) is 6.10 Å². The Labute approximate surface area is 322 Å². The van der Waals surface area contributed by atoms with E-state index in [1.54, 1.807) is 18.2 Å². The van der Waals surface area contributed by atoms with Crippen molar-refractivity contribution in [3.8, 4) is 22.6 Å². The molecular weight excluding hydrogens is 726 g/mol. The molecule has 6 rings (SSSR count). The van der Waals surface area contributed by atoms with Crippen LogP contribution in [0, 0.1) is 0 Å². The SMILES string of the molecule is COC(=O)C1CC(OC(C)=O)CC(Oc2ccc(COC(=O)Oc3ccc(N)cc3)cc2NC(=O)CCNC(=O)OCC2c3ccccc3-c3ccccc32)O1. The first-order valence-corrected chi connectivity index (χ1v) is 17.8. The van der Waals surface area contributed by atoms with Crippen LogP contribution in [0.1, 0.15) is 48.8 Å². The van der Waals surface area contributed by atoms with Crippen LogP contribution in [0.25, 0.3) is 11.1 Å². The molecule has 0 bridgehead atoms. The highest BCUT2D eigenvalue weighted by Gasteiger charge is 2.37. The molecule has 4 aromatic carbocycles. The van der Waals surface area contributed by atoms with Gasteiger partial charge >= 0.3 is 24.2 Å². The number of esters is 2. The second-order valence-electron chi connectivity index (χ2n) is 13.0. The van der Waals surface area contributed by atoms with Crippen LogP contribution in [0.15, 0.2) is 91.0 Å². The van der Waals surface area contributed by atoms with Gasteiger partial charge in [-0.05, 0) is 64.2 Å². The van der Waals surface area contributed by atoms with E-state index in [9.17, 15) is 24.0 Å². The number of methoxy groups -OCH3 is 1. The van der Waals surface area contributed by atoms with Gasteiger partial charge in [0.25, 0.3) is 0 Å². The quantitative estimate of drug-likeness (QED) is 0.0635. The van der Waals surface area contributed by atoms with Gasteiger partial charge in [-0.3, -0.25) is 9.59 Å². The predicted molar refractivity (Wildman–Crippen MR) is 201 cm³/mol. The Morgan fingerprint density at radius 2 is 1.55 bits per heavy atom. The number of carbonyl (C=O) groups excluding carboxylic acids is 5. The summed E-state index contributed by atoms with van der Waals surface area (Å²) in [5, 5.41) is 5.39. The number of carbonyl (C=O) groups is 5. The Morgan fingerprint density at radius 3 is 2.23 bits per heavy atom. The normalized spacial score (nSPS) is 17.0. The Morgan fingerprint density at radius 1 is 0.857 bits per heavy atom. The summed E-state index contributed by atoms with van der Waals surface area (Å²) in [5.74, 6) is -1.47. The predicted octanol–water partition coefficient (Wildman–Crippen LogP) is 5.84. The highest BCUT2D eigenvalue weighted by Crippen LogP contribution is 2.44. The number of nitrogens with one attached hydrogen (secondary N) is 2. The summed E-state index contributed by atoms with van der Waals surface area (Å²) in [7, 11) is 1.21. The molecule has 1 aliphatic heterocycles. The van der Waals surface area contributed by atoms with Gasteiger partial charge in [-0.2, -0.15) is 0 Å². The number of anilines is 2. The highest BCUT2D eigenvalue weighted by molar-refractivity contribution is 5.92. The smallest absolute Gasteiger partial charge is 0.467 e. The number of hydrogen-bond donors (Lipinski definition) is 3. The molecule has 3 unspecified atom stereocenters. The summed E-state index contributed by atoms with van der Waals surface area (Å²) in [6.07, 6.45) is -4.52. The molecule has 1 saturated heterocycles. The molecule has 1 heterocycles. The van der Waals surface area contributed by atoms with Crippen LogP contribution < -0.4 is 25.8 Å². The summed E-state index contributed by atoms with van der Waals surface area (Å²) in [6.45, 7) is 1.09. The maximum atomic E-state index is 13.2. The van der Waals surface area contributed by atoms with Gasteiger partial charge in [0.2, 0.25) is 12.2 Å². The molecule has 2 amide bonds. The van der Waals surface area contributed by atoms with Gasteiger partial charge in [-0.1, -0.05) is 54.6 Å². The van der Waals surface area contributed by atoms with Crippen LogP contribution >= 0.6 is 0 Å². The number of hydrogen-bond acceptors (Lipinski definition) is 13. The van der Waals surface area contributed by atoms with Crippen molar-refractivity contribution in [3.63, 3.8) is 0 Å². The van der Waals surface area contributed by atoms with Crippen molar-refractivity contribution in [3.05, 3.63) is 108 Å². The molecule has 3 atom stereocenters. The van der Waals surface area contributed by atoms with E-state index >= 15 is 0 Å². The zero-order valence-electron chi connectivity index (χ0n) is 30.7. The molecule has 0 saturated carbocycles. The number of nitrogen functional groups attached to an aromatic ring is 1. The average molecular weight is 768 g/mol. The number of rotatable bonds is 13. The maximum Gasteiger partial charge on any atom is 0.514 e. The van der Waals surface area contributed by atoms with Crippen LogP contribution in [-0.2, 0) is 44.7 Å². The highest BCUT2D eigenvalue weighted by atomic mass is 16.7. The van der Waals surface area contributed by atoms with Gasteiger partial charge in [0.05, 0.1) is 12.8 Å². The molecule has 0 aromatic heterocycles. The van der Waals surface area contributed by atoms with Crippen molar-refractivity contribution < 1.29 is 57.1 Å². The third kappa shape index (κ3) is 10.1. The fraction of sp³-hybridized carbons (Fsp3) is 0.293. The van der Waals surface area contributed by atoms with Crippen LogP contribution in [0.2, 0.25) is 0 Å². The molecule has 4 N–H and O–H groups in total. The summed E-state index contributed by atoms with van der Waals surface area (Å²) < 4.78 is 38.1. The maximum absolute atomic E-state index is 13.2. The van der Waals surface area contributed by atoms with Gasteiger partial charge in [-0.15, -0.1) is 0 Å². The molecule has 1 aliphatic carbocycles. The summed E-state index contributed by atoms with van der Waals surface area (Å²) in [5.41, 5.74) is 11.2. The Kier molecular flexibility index (Phi) is 12.7. The molecule has 1 fully saturated rings. The lowest BCUT2D eigenvalue weighted by Crippen LogP contribution is -2.44. The minimum atomic E-state index is -1.08. The van der Waals surface area contributed by atoms with E-state index in [0.29, 0.717) is 11.3 Å². The monoisotopic (exact) mass is 767 g/mol. The lowest BCUT2D eigenvalue weighted by Gasteiger charge is -2.33. The zero-order valence-corrected chi connectivity index (χ0v) is 30.7. The fourth-order valence-corrected chi connectivity index (χ4v) is 6.49. The van der Waals surface area contributed by atoms with E-state index in [2.05, 4.69) is 10.6 Å². The molecule has 15 nitrogen and oxygen atoms in total. The van der Waals surface area contributed by atoms with E-state index < -0.39 is 48.6 Å². The lowest BCUT2D eigenvalue weighted by atomic mass is 9.98. The number of ether oxygens (including phenoxy) is 7. The summed E-state index contributed by atoms with van der Waals surface area (Å²) in [6, 6.07) is 26.8. The Hall–Kier alpha value is -6.61. The van der Waals surface area contributed by atoms with Crippen molar-refractivity contribution in [1.82, 2.24) is 5.32 Å². The van der Waals surface area contributed by atoms with E-state index in [4.69, 9.17) is 38.9 Å². The van der Waals surface area contributed by atoms with Gasteiger partial charge in [0, 0.05) is 44.3 Å².